The first-order valence-electron chi connectivity index (χ1n) is 6.57. The van der Waals surface area contributed by atoms with Gasteiger partial charge in [-0.2, -0.15) is 4.98 Å². The van der Waals surface area contributed by atoms with Crippen LogP contribution in [0, 0.1) is 0 Å². The highest BCUT2D eigenvalue weighted by Gasteiger charge is 2.52. The maximum absolute atomic E-state index is 11.8. The fraction of sp³-hybridized carbons (Fsp3) is 0.500. The lowest BCUT2D eigenvalue weighted by Gasteiger charge is -2.27. The lowest BCUT2D eigenvalue weighted by Crippen LogP contribution is -2.39. The number of H-pyrrole nitrogens is 1. The zero-order chi connectivity index (χ0) is 16.4. The van der Waals surface area contributed by atoms with Crippen molar-refractivity contribution < 1.29 is 28.3 Å². The molecule has 124 valence electrons. The number of hydrogen-bond acceptors (Lipinski definition) is 9. The first kappa shape index (κ1) is 14.8. The van der Waals surface area contributed by atoms with Crippen molar-refractivity contribution in [3.05, 3.63) is 16.7 Å². The summed E-state index contributed by atoms with van der Waals surface area (Å²) in [5, 5.41) is 10.4. The highest BCUT2D eigenvalue weighted by atomic mass is 31.2. The molecule has 2 aromatic heterocycles. The van der Waals surface area contributed by atoms with Crippen LogP contribution in [0.1, 0.15) is 6.23 Å². The van der Waals surface area contributed by atoms with E-state index in [2.05, 4.69) is 19.5 Å². The number of aromatic nitrogens is 4. The molecular formula is C10H12N5O7P. The number of nitrogen functional groups attached to an aromatic ring is 1. The van der Waals surface area contributed by atoms with Crippen LogP contribution >= 0.6 is 7.82 Å². The van der Waals surface area contributed by atoms with Gasteiger partial charge in [-0.3, -0.25) is 23.4 Å². The standard InChI is InChI=1S/C10H12N5O7P/c11-10-13-7-4(8(17)14-10)12-2-15(7)9-5(16)6-3(21-9)1-20-23(18,19)22-6/h2-3,5-6,9,16H,1H2,(H,18,19)(H3,11,13,14,17)/t3-,5-,6+,9-/m1/s1. The fourth-order valence-corrected chi connectivity index (χ4v) is 3.66. The Bertz CT molecular complexity index is 880. The molecule has 0 amide bonds. The third-order valence-corrected chi connectivity index (χ3v) is 4.68. The van der Waals surface area contributed by atoms with Crippen molar-refractivity contribution in [2.45, 2.75) is 24.5 Å². The third-order valence-electron chi connectivity index (χ3n) is 3.69. The number of aliphatic hydroxyl groups excluding tert-OH is 1. The Kier molecular flexibility index (Phi) is 3.10. The quantitative estimate of drug-likeness (QED) is 0.444. The molecule has 5 atom stereocenters. The highest BCUT2D eigenvalue weighted by molar-refractivity contribution is 7.47. The van der Waals surface area contributed by atoms with E-state index in [-0.39, 0.29) is 23.7 Å². The minimum Gasteiger partial charge on any atom is -0.386 e. The number of imidazole rings is 1. The third kappa shape index (κ3) is 2.27. The van der Waals surface area contributed by atoms with Gasteiger partial charge in [-0.15, -0.1) is 0 Å². The summed E-state index contributed by atoms with van der Waals surface area (Å²) in [6, 6.07) is 0. The van der Waals surface area contributed by atoms with Crippen LogP contribution in [0.2, 0.25) is 0 Å². The van der Waals surface area contributed by atoms with Crippen molar-refractivity contribution in [2.75, 3.05) is 12.3 Å². The van der Waals surface area contributed by atoms with Crippen LogP contribution in [0.5, 0.6) is 0 Å². The Labute approximate surface area is 127 Å². The Hall–Kier alpha value is -1.82. The predicted molar refractivity (Wildman–Crippen MR) is 73.1 cm³/mol. The van der Waals surface area contributed by atoms with E-state index in [0.717, 1.165) is 0 Å². The summed E-state index contributed by atoms with van der Waals surface area (Å²) in [6.45, 7) is -0.214. The number of aliphatic hydroxyl groups is 1. The second-order valence-corrected chi connectivity index (χ2v) is 6.57. The fourth-order valence-electron chi connectivity index (χ4n) is 2.69. The first-order chi connectivity index (χ1) is 10.9. The molecule has 1 unspecified atom stereocenters. The number of aromatic amines is 1. The average molecular weight is 345 g/mol. The topological polar surface area (TPSA) is 175 Å². The molecule has 0 bridgehead atoms. The molecule has 4 heterocycles. The monoisotopic (exact) mass is 345 g/mol. The molecule has 0 radical (unpaired) electrons. The SMILES string of the molecule is Nc1nc2c(ncn2[C@@H]2O[C@@H]3COP(=O)(O)O[C@@H]3[C@H]2O)c(=O)[nH]1. The maximum atomic E-state index is 11.8. The summed E-state index contributed by atoms with van der Waals surface area (Å²) < 4.78 is 27.9. The Morgan fingerprint density at radius 2 is 2.30 bits per heavy atom. The molecule has 5 N–H and O–H groups in total. The summed E-state index contributed by atoms with van der Waals surface area (Å²) >= 11 is 0. The van der Waals surface area contributed by atoms with Gasteiger partial charge < -0.3 is 20.5 Å². The van der Waals surface area contributed by atoms with Crippen LogP contribution in [0.3, 0.4) is 0 Å². The van der Waals surface area contributed by atoms with E-state index in [1.54, 1.807) is 0 Å². The van der Waals surface area contributed by atoms with Crippen molar-refractivity contribution in [3.63, 3.8) is 0 Å². The van der Waals surface area contributed by atoms with Gasteiger partial charge >= 0.3 is 7.82 Å². The van der Waals surface area contributed by atoms with Crippen LogP contribution in [0.4, 0.5) is 5.95 Å². The van der Waals surface area contributed by atoms with E-state index in [9.17, 15) is 19.4 Å². The number of rotatable bonds is 1. The van der Waals surface area contributed by atoms with Gasteiger partial charge in [-0.1, -0.05) is 0 Å². The number of phosphoric acid groups is 1. The molecule has 23 heavy (non-hydrogen) atoms. The largest absolute Gasteiger partial charge is 0.472 e. The number of ether oxygens (including phenoxy) is 1. The predicted octanol–water partition coefficient (Wildman–Crippen LogP) is -1.52. The Morgan fingerprint density at radius 3 is 3.09 bits per heavy atom. The molecule has 4 rings (SSSR count). The van der Waals surface area contributed by atoms with Crippen molar-refractivity contribution in [2.24, 2.45) is 0 Å². The molecule has 2 aliphatic rings. The molecule has 2 fully saturated rings. The summed E-state index contributed by atoms with van der Waals surface area (Å²) in [4.78, 5) is 31.3. The summed E-state index contributed by atoms with van der Waals surface area (Å²) in [5.74, 6) is -0.117. The van der Waals surface area contributed by atoms with E-state index in [1.165, 1.54) is 10.9 Å². The van der Waals surface area contributed by atoms with Crippen molar-refractivity contribution >= 4 is 24.9 Å². The lowest BCUT2D eigenvalue weighted by atomic mass is 10.1. The first-order valence-corrected chi connectivity index (χ1v) is 8.07. The molecule has 0 spiro atoms. The van der Waals surface area contributed by atoms with E-state index in [1.807, 2.05) is 0 Å². The molecule has 2 aliphatic heterocycles. The molecular weight excluding hydrogens is 333 g/mol. The number of phosphoric ester groups is 1. The number of nitrogens with two attached hydrogens (primary N) is 1. The van der Waals surface area contributed by atoms with Crippen LogP contribution in [-0.4, -0.2) is 54.4 Å². The minimum absolute atomic E-state index is 0.0230. The van der Waals surface area contributed by atoms with Crippen LogP contribution < -0.4 is 11.3 Å². The summed E-state index contributed by atoms with van der Waals surface area (Å²) in [6.07, 6.45) is -2.85. The normalized spacial score (nSPS) is 37.1. The van der Waals surface area contributed by atoms with Crippen molar-refractivity contribution in [1.29, 1.82) is 0 Å². The number of nitrogens with one attached hydrogen (secondary N) is 1. The van der Waals surface area contributed by atoms with Gasteiger partial charge in [0.15, 0.2) is 17.4 Å². The van der Waals surface area contributed by atoms with Crippen molar-refractivity contribution in [1.82, 2.24) is 19.5 Å². The summed E-state index contributed by atoms with van der Waals surface area (Å²) in [5.41, 5.74) is 5.12. The van der Waals surface area contributed by atoms with E-state index < -0.39 is 37.9 Å². The number of anilines is 1. The number of hydrogen-bond donors (Lipinski definition) is 4. The second-order valence-electron chi connectivity index (χ2n) is 5.17. The Morgan fingerprint density at radius 1 is 1.52 bits per heavy atom. The van der Waals surface area contributed by atoms with Gasteiger partial charge in [0.1, 0.15) is 18.3 Å². The average Bonchev–Trinajstić information content (AvgIpc) is 3.00. The van der Waals surface area contributed by atoms with Crippen LogP contribution in [-0.2, 0) is 18.3 Å². The van der Waals surface area contributed by atoms with Gasteiger partial charge in [-0.25, -0.2) is 9.55 Å². The van der Waals surface area contributed by atoms with E-state index >= 15 is 0 Å². The molecule has 0 aromatic carbocycles. The van der Waals surface area contributed by atoms with Gasteiger partial charge in [0, 0.05) is 0 Å². The Balaban J connectivity index is 1.75. The van der Waals surface area contributed by atoms with Crippen LogP contribution in [0.25, 0.3) is 11.2 Å². The van der Waals surface area contributed by atoms with Crippen molar-refractivity contribution in [3.8, 4) is 0 Å². The zero-order valence-electron chi connectivity index (χ0n) is 11.4. The smallest absolute Gasteiger partial charge is 0.386 e. The number of nitrogens with zero attached hydrogens (tertiary/aromatic N) is 3. The number of fused-ring (bicyclic) bond motifs is 2. The molecule has 12 nitrogen and oxygen atoms in total. The minimum atomic E-state index is -4.22. The second kappa shape index (κ2) is 4.84. The van der Waals surface area contributed by atoms with Gasteiger partial charge in [0.05, 0.1) is 12.9 Å². The lowest BCUT2D eigenvalue weighted by molar-refractivity contribution is -0.0664. The van der Waals surface area contributed by atoms with Crippen LogP contribution in [0.15, 0.2) is 11.1 Å². The molecule has 2 saturated heterocycles. The molecule has 13 heteroatoms. The molecule has 0 saturated carbocycles. The molecule has 2 aromatic rings. The summed E-state index contributed by atoms with van der Waals surface area (Å²) in [7, 11) is -4.22. The molecule has 0 aliphatic carbocycles. The van der Waals surface area contributed by atoms with E-state index in [0.29, 0.717) is 0 Å². The van der Waals surface area contributed by atoms with Gasteiger partial charge in [0.25, 0.3) is 5.56 Å². The van der Waals surface area contributed by atoms with Gasteiger partial charge in [0.2, 0.25) is 5.95 Å². The maximum Gasteiger partial charge on any atom is 0.472 e. The van der Waals surface area contributed by atoms with Gasteiger partial charge in [-0.05, 0) is 0 Å². The zero-order valence-corrected chi connectivity index (χ0v) is 12.3. The highest BCUT2D eigenvalue weighted by Crippen LogP contribution is 2.52. The van der Waals surface area contributed by atoms with E-state index in [4.69, 9.17) is 15.0 Å².